The summed E-state index contributed by atoms with van der Waals surface area (Å²) >= 11 is 0. The first-order valence-corrected chi connectivity index (χ1v) is 17.3. The Balaban J connectivity index is 2.08. The number of hydrogen-bond acceptors (Lipinski definition) is 12. The maximum Gasteiger partial charge on any atom is 0.407 e. The average molecular weight is 751 g/mol. The SMILES string of the molecule is COC(=O)NC(C(=O)NN(Cc1ccc(-c2ccccn2)cc1)C(N)(N)C(O)C(Cc1ccccc1)NC(=O)C(NC(=O)OC)C(C)(C)CO)C(C)(C)C. The highest BCUT2D eigenvalue weighted by molar-refractivity contribution is 5.87. The van der Waals surface area contributed by atoms with Crippen LogP contribution >= 0.6 is 0 Å². The molecule has 4 unspecified atom stereocenters. The summed E-state index contributed by atoms with van der Waals surface area (Å²) in [6.45, 7) is 7.69. The van der Waals surface area contributed by atoms with Crippen molar-refractivity contribution in [2.24, 2.45) is 22.3 Å². The third-order valence-electron chi connectivity index (χ3n) is 8.92. The molecule has 16 heteroatoms. The first-order chi connectivity index (χ1) is 25.3. The maximum atomic E-state index is 14.0. The first kappa shape index (κ1) is 43.3. The van der Waals surface area contributed by atoms with Gasteiger partial charge >= 0.3 is 12.2 Å². The van der Waals surface area contributed by atoms with Crippen LogP contribution in [0.1, 0.15) is 45.7 Å². The molecule has 0 aliphatic carbocycles. The molecule has 3 rings (SSSR count). The fourth-order valence-corrected chi connectivity index (χ4v) is 5.56. The normalized spacial score (nSPS) is 14.2. The number of carbonyl (C=O) groups is 4. The number of methoxy groups -OCH3 is 2. The number of hydrogen-bond donors (Lipinski definition) is 8. The number of ether oxygens (including phenoxy) is 2. The number of rotatable bonds is 16. The Morgan fingerprint density at radius 1 is 0.778 bits per heavy atom. The van der Waals surface area contributed by atoms with Crippen LogP contribution in [-0.4, -0.2) is 95.0 Å². The van der Waals surface area contributed by atoms with E-state index in [0.29, 0.717) is 11.1 Å². The first-order valence-electron chi connectivity index (χ1n) is 17.3. The number of nitrogens with zero attached hydrogens (tertiary/aromatic N) is 2. The van der Waals surface area contributed by atoms with Gasteiger partial charge in [-0.2, -0.15) is 5.01 Å². The summed E-state index contributed by atoms with van der Waals surface area (Å²) in [6, 6.07) is 17.9. The van der Waals surface area contributed by atoms with E-state index in [9.17, 15) is 29.4 Å². The lowest BCUT2D eigenvalue weighted by Crippen LogP contribution is -2.78. The lowest BCUT2D eigenvalue weighted by atomic mass is 9.84. The molecule has 4 atom stereocenters. The van der Waals surface area contributed by atoms with Gasteiger partial charge in [-0.25, -0.2) is 9.59 Å². The molecule has 1 aromatic heterocycles. The van der Waals surface area contributed by atoms with E-state index < -0.39 is 71.5 Å². The minimum Gasteiger partial charge on any atom is -0.453 e. The van der Waals surface area contributed by atoms with Crippen LogP contribution in [0.2, 0.25) is 0 Å². The van der Waals surface area contributed by atoms with Crippen LogP contribution in [0.4, 0.5) is 9.59 Å². The molecule has 0 fully saturated rings. The van der Waals surface area contributed by atoms with Gasteiger partial charge in [0.15, 0.2) is 5.79 Å². The second kappa shape index (κ2) is 18.8. The van der Waals surface area contributed by atoms with E-state index in [0.717, 1.165) is 23.4 Å². The monoisotopic (exact) mass is 750 g/mol. The fraction of sp³-hybridized carbons (Fsp3) is 0.447. The number of hydrazine groups is 1. The number of aliphatic hydroxyl groups is 2. The van der Waals surface area contributed by atoms with Crippen molar-refractivity contribution in [3.63, 3.8) is 0 Å². The van der Waals surface area contributed by atoms with Crippen LogP contribution < -0.4 is 32.8 Å². The number of aliphatic hydroxyl groups excluding tert-OH is 2. The summed E-state index contributed by atoms with van der Waals surface area (Å²) < 4.78 is 9.48. The average Bonchev–Trinajstić information content (AvgIpc) is 3.15. The van der Waals surface area contributed by atoms with Gasteiger partial charge in [-0.05, 0) is 35.1 Å². The third-order valence-corrected chi connectivity index (χ3v) is 8.92. The molecule has 0 aliphatic rings. The second-order valence-electron chi connectivity index (χ2n) is 14.8. The molecular weight excluding hydrogens is 696 g/mol. The van der Waals surface area contributed by atoms with Gasteiger partial charge in [0.25, 0.3) is 5.91 Å². The van der Waals surface area contributed by atoms with Crippen molar-refractivity contribution < 1.29 is 38.9 Å². The van der Waals surface area contributed by atoms with Gasteiger partial charge in [-0.1, -0.05) is 95.3 Å². The minimum atomic E-state index is -2.31. The quantitative estimate of drug-likeness (QED) is 0.0772. The summed E-state index contributed by atoms with van der Waals surface area (Å²) in [5.74, 6) is -3.81. The van der Waals surface area contributed by atoms with E-state index in [4.69, 9.17) is 20.9 Å². The Morgan fingerprint density at radius 3 is 1.87 bits per heavy atom. The van der Waals surface area contributed by atoms with Crippen molar-refractivity contribution in [1.29, 1.82) is 0 Å². The smallest absolute Gasteiger partial charge is 0.407 e. The van der Waals surface area contributed by atoms with Gasteiger partial charge in [-0.3, -0.25) is 31.5 Å². The molecule has 16 nitrogen and oxygen atoms in total. The zero-order chi connectivity index (χ0) is 40.3. The molecular formula is C38H54N8O8. The van der Waals surface area contributed by atoms with Gasteiger partial charge in [0.05, 0.1) is 32.6 Å². The number of benzene rings is 2. The zero-order valence-electron chi connectivity index (χ0n) is 31.8. The predicted molar refractivity (Wildman–Crippen MR) is 202 cm³/mol. The summed E-state index contributed by atoms with van der Waals surface area (Å²) in [7, 11) is 2.30. The number of carbonyl (C=O) groups excluding carboxylic acids is 4. The van der Waals surface area contributed by atoms with Gasteiger partial charge in [0.1, 0.15) is 18.2 Å². The highest BCUT2D eigenvalue weighted by Gasteiger charge is 2.46. The molecule has 4 amide bonds. The van der Waals surface area contributed by atoms with Crippen LogP contribution in [0.25, 0.3) is 11.3 Å². The number of nitrogens with one attached hydrogen (secondary N) is 4. The van der Waals surface area contributed by atoms with Crippen molar-refractivity contribution in [2.45, 2.75) is 77.6 Å². The Bertz CT molecular complexity index is 1680. The van der Waals surface area contributed by atoms with Crippen molar-refractivity contribution in [3.05, 3.63) is 90.1 Å². The van der Waals surface area contributed by atoms with Crippen LogP contribution in [0, 0.1) is 10.8 Å². The molecule has 294 valence electrons. The van der Waals surface area contributed by atoms with Crippen molar-refractivity contribution in [1.82, 2.24) is 31.4 Å². The molecule has 2 aromatic carbocycles. The standard InChI is InChI=1S/C38H54N8O8/c1-36(2,3)29(43-34(51)53-6)33(50)45-46(22-25-16-18-26(19-17-25)27-15-11-12-20-41-27)38(39,40)31(48)28(21-24-13-9-8-10-14-24)42-32(49)30(37(4,5)23-47)44-35(52)54-7/h8-20,28-31,47-48H,21-23,39-40H2,1-7H3,(H,42,49)(H,43,51)(H,44,52)(H,45,50). The van der Waals surface area contributed by atoms with Gasteiger partial charge in [0.2, 0.25) is 5.91 Å². The summed E-state index contributed by atoms with van der Waals surface area (Å²) in [5, 5.41) is 31.2. The number of amides is 4. The number of pyridine rings is 1. The van der Waals surface area contributed by atoms with Gasteiger partial charge < -0.3 is 35.6 Å². The summed E-state index contributed by atoms with van der Waals surface area (Å²) in [6.07, 6.45) is -1.90. The number of alkyl carbamates (subject to hydrolysis) is 2. The molecule has 54 heavy (non-hydrogen) atoms. The fourth-order valence-electron chi connectivity index (χ4n) is 5.56. The van der Waals surface area contributed by atoms with Crippen molar-refractivity contribution in [3.8, 4) is 11.3 Å². The highest BCUT2D eigenvalue weighted by Crippen LogP contribution is 2.25. The zero-order valence-corrected chi connectivity index (χ0v) is 31.8. The third kappa shape index (κ3) is 11.7. The number of nitrogens with two attached hydrogens (primary N) is 2. The molecule has 0 aliphatic heterocycles. The molecule has 3 aromatic rings. The Hall–Kier alpha value is -5.13. The molecule has 0 saturated heterocycles. The van der Waals surface area contributed by atoms with Crippen molar-refractivity contribution in [2.75, 3.05) is 20.8 Å². The Labute approximate surface area is 315 Å². The molecule has 0 bridgehead atoms. The van der Waals surface area contributed by atoms with Crippen LogP contribution in [-0.2, 0) is 32.0 Å². The molecule has 10 N–H and O–H groups in total. The van der Waals surface area contributed by atoms with E-state index >= 15 is 0 Å². The van der Waals surface area contributed by atoms with Crippen molar-refractivity contribution >= 4 is 24.0 Å². The predicted octanol–water partition coefficient (Wildman–Crippen LogP) is 1.76. The van der Waals surface area contributed by atoms with Gasteiger partial charge in [-0.15, -0.1) is 0 Å². The maximum absolute atomic E-state index is 14.0. The Kier molecular flexibility index (Phi) is 15.0. The second-order valence-corrected chi connectivity index (χ2v) is 14.8. The van der Waals surface area contributed by atoms with E-state index in [1.807, 2.05) is 30.3 Å². The van der Waals surface area contributed by atoms with Crippen LogP contribution in [0.15, 0.2) is 79.0 Å². The lowest BCUT2D eigenvalue weighted by molar-refractivity contribution is -0.142. The Morgan fingerprint density at radius 2 is 1.35 bits per heavy atom. The molecule has 1 heterocycles. The van der Waals surface area contributed by atoms with E-state index in [2.05, 4.69) is 26.4 Å². The van der Waals surface area contributed by atoms with E-state index in [-0.39, 0.29) is 13.0 Å². The minimum absolute atomic E-state index is 0.00344. The van der Waals surface area contributed by atoms with E-state index in [1.54, 1.807) is 83.3 Å². The topological polar surface area (TPSA) is 243 Å². The summed E-state index contributed by atoms with van der Waals surface area (Å²) in [4.78, 5) is 56.9. The van der Waals surface area contributed by atoms with Crippen LogP contribution in [0.5, 0.6) is 0 Å². The summed E-state index contributed by atoms with van der Waals surface area (Å²) in [5.41, 5.74) is 17.2. The lowest BCUT2D eigenvalue weighted by Gasteiger charge is -2.45. The van der Waals surface area contributed by atoms with E-state index in [1.165, 1.54) is 7.11 Å². The van der Waals surface area contributed by atoms with Crippen LogP contribution in [0.3, 0.4) is 0 Å². The molecule has 0 saturated carbocycles. The highest BCUT2D eigenvalue weighted by atomic mass is 16.5. The molecule has 0 radical (unpaired) electrons. The van der Waals surface area contributed by atoms with Gasteiger partial charge in [0, 0.05) is 23.7 Å². The number of aromatic nitrogens is 1. The largest absolute Gasteiger partial charge is 0.453 e. The molecule has 0 spiro atoms.